The zero-order chi connectivity index (χ0) is 32.5. The molecule has 0 aliphatic heterocycles. The first-order valence-corrected chi connectivity index (χ1v) is 14.3. The number of hydrogen-bond acceptors (Lipinski definition) is 7. The van der Waals surface area contributed by atoms with Crippen molar-refractivity contribution in [2.24, 2.45) is 0 Å². The van der Waals surface area contributed by atoms with Crippen molar-refractivity contribution in [2.45, 2.75) is 30.0 Å². The summed E-state index contributed by atoms with van der Waals surface area (Å²) in [6.07, 6.45) is -3.73. The third-order valence-electron chi connectivity index (χ3n) is 6.06. The monoisotopic (exact) mass is 632 g/mol. The summed E-state index contributed by atoms with van der Waals surface area (Å²) in [6, 6.07) is 22.5. The highest BCUT2D eigenvalue weighted by atomic mass is 32.2. The van der Waals surface area contributed by atoms with Crippen molar-refractivity contribution in [1.82, 2.24) is 15.0 Å². The summed E-state index contributed by atoms with van der Waals surface area (Å²) in [4.78, 5) is 37.5. The summed E-state index contributed by atoms with van der Waals surface area (Å²) < 4.78 is 58.8. The summed E-state index contributed by atoms with van der Waals surface area (Å²) in [5, 5.41) is 21.1. The molecule has 11 nitrogen and oxygen atoms in total. The normalized spacial score (nSPS) is 12.1. The van der Waals surface area contributed by atoms with Crippen LogP contribution in [0.5, 0.6) is 0 Å². The van der Waals surface area contributed by atoms with E-state index in [1.807, 2.05) is 42.5 Å². The average Bonchev–Trinajstić information content (AvgIpc) is 2.98. The van der Waals surface area contributed by atoms with Crippen molar-refractivity contribution in [2.75, 3.05) is 12.3 Å². The molecule has 1 aromatic heterocycles. The Morgan fingerprint density at radius 2 is 1.48 bits per heavy atom. The van der Waals surface area contributed by atoms with E-state index in [1.165, 1.54) is 24.3 Å². The van der Waals surface area contributed by atoms with Crippen LogP contribution in [0.4, 0.5) is 19.0 Å². The van der Waals surface area contributed by atoms with E-state index >= 15 is 0 Å². The summed E-state index contributed by atoms with van der Waals surface area (Å²) >= 11 is 0. The number of benzene rings is 3. The number of fused-ring (bicyclic) bond motifs is 1. The zero-order valence-corrected chi connectivity index (χ0v) is 23.6. The lowest BCUT2D eigenvalue weighted by atomic mass is 10.0. The average molecular weight is 633 g/mol. The number of carboxylic acid groups (broad SMARTS) is 2. The maximum atomic E-state index is 12.6. The molecule has 232 valence electrons. The van der Waals surface area contributed by atoms with E-state index in [9.17, 15) is 36.3 Å². The van der Waals surface area contributed by atoms with E-state index < -0.39 is 46.6 Å². The number of nitrogens with zero attached hydrogens (tertiary/aromatic N) is 1. The van der Waals surface area contributed by atoms with Gasteiger partial charge in [-0.05, 0) is 54.1 Å². The van der Waals surface area contributed by atoms with Gasteiger partial charge in [-0.2, -0.15) is 17.9 Å². The van der Waals surface area contributed by atoms with Crippen molar-refractivity contribution in [3.63, 3.8) is 0 Å². The molecule has 44 heavy (non-hydrogen) atoms. The van der Waals surface area contributed by atoms with E-state index in [0.717, 1.165) is 22.0 Å². The molecule has 0 radical (unpaired) electrons. The molecule has 0 bridgehead atoms. The lowest BCUT2D eigenvalue weighted by Crippen LogP contribution is -2.48. The van der Waals surface area contributed by atoms with Crippen molar-refractivity contribution >= 4 is 44.5 Å². The van der Waals surface area contributed by atoms with Gasteiger partial charge in [-0.15, -0.1) is 0 Å². The molecule has 0 aliphatic carbocycles. The highest BCUT2D eigenvalue weighted by molar-refractivity contribution is 7.89. The van der Waals surface area contributed by atoms with Crippen molar-refractivity contribution in [1.29, 1.82) is 0 Å². The fourth-order valence-corrected chi connectivity index (χ4v) is 5.11. The highest BCUT2D eigenvalue weighted by Crippen LogP contribution is 2.21. The Morgan fingerprint density at radius 3 is 2.07 bits per heavy atom. The number of nitrogen functional groups attached to an aromatic ring is 1. The Hall–Kier alpha value is -5.02. The van der Waals surface area contributed by atoms with Gasteiger partial charge in [-0.1, -0.05) is 54.6 Å². The fourth-order valence-electron chi connectivity index (χ4n) is 3.90. The molecule has 4 rings (SSSR count). The first-order chi connectivity index (χ1) is 20.7. The lowest BCUT2D eigenvalue weighted by Gasteiger charge is -2.16. The van der Waals surface area contributed by atoms with Crippen LogP contribution in [0, 0.1) is 0 Å². The number of carboxylic acids is 2. The minimum atomic E-state index is -5.08. The summed E-state index contributed by atoms with van der Waals surface area (Å²) in [5.41, 5.74) is 8.16. The second-order valence-corrected chi connectivity index (χ2v) is 11.0. The fraction of sp³-hybridized carbons (Fsp3) is 0.172. The van der Waals surface area contributed by atoms with Crippen LogP contribution in [0.1, 0.15) is 21.6 Å². The Bertz CT molecular complexity index is 1730. The number of rotatable bonds is 10. The van der Waals surface area contributed by atoms with E-state index in [-0.39, 0.29) is 4.90 Å². The largest absolute Gasteiger partial charge is 0.490 e. The van der Waals surface area contributed by atoms with E-state index in [1.54, 1.807) is 18.2 Å². The number of anilines is 1. The summed E-state index contributed by atoms with van der Waals surface area (Å²) in [6.45, 7) is -0.420. The van der Waals surface area contributed by atoms with Gasteiger partial charge in [0.1, 0.15) is 11.9 Å². The maximum absolute atomic E-state index is 12.6. The van der Waals surface area contributed by atoms with Gasteiger partial charge >= 0.3 is 18.1 Å². The number of carbonyl (C=O) groups excluding carboxylic acids is 1. The molecule has 4 aromatic rings. The smallest absolute Gasteiger partial charge is 0.480 e. The van der Waals surface area contributed by atoms with E-state index in [4.69, 9.17) is 15.6 Å². The molecule has 1 unspecified atom stereocenters. The van der Waals surface area contributed by atoms with Gasteiger partial charge in [0.15, 0.2) is 0 Å². The van der Waals surface area contributed by atoms with Crippen LogP contribution in [0.25, 0.3) is 10.8 Å². The predicted octanol–water partition coefficient (Wildman–Crippen LogP) is 3.40. The maximum Gasteiger partial charge on any atom is 0.490 e. The molecule has 0 spiro atoms. The number of aryl methyl sites for hydroxylation is 2. The number of hydrogen-bond donors (Lipinski definition) is 5. The van der Waals surface area contributed by atoms with Gasteiger partial charge < -0.3 is 21.3 Å². The Morgan fingerprint density at radius 1 is 0.886 bits per heavy atom. The first-order valence-electron chi connectivity index (χ1n) is 12.8. The molecule has 0 aliphatic rings. The van der Waals surface area contributed by atoms with E-state index in [2.05, 4.69) is 15.0 Å². The standard InChI is InChI=1S/C27H26N4O5S.C2HF3O2/c28-25-16-20-6-4-5-9-22(20)23(30-25)15-12-18-10-13-19(14-11-18)26(32)29-17-24(27(33)34)31-37(35,36)21-7-2-1-3-8-21;3-2(4,5)1(6)7/h1-11,13-14,16,24,31H,12,15,17H2,(H2,28,30)(H,29,32)(H,33,34);(H,6,7). The number of nitrogens with two attached hydrogens (primary N) is 1. The number of nitrogens with one attached hydrogen (secondary N) is 2. The molecule has 1 amide bonds. The third-order valence-corrected chi connectivity index (χ3v) is 7.55. The van der Waals surface area contributed by atoms with Gasteiger partial charge in [0.2, 0.25) is 10.0 Å². The molecule has 1 atom stereocenters. The summed E-state index contributed by atoms with van der Waals surface area (Å²) in [5.74, 6) is -4.21. The number of aliphatic carboxylic acids is 2. The number of pyridine rings is 1. The Labute approximate surface area is 249 Å². The van der Waals surface area contributed by atoms with Crippen LogP contribution in [0.15, 0.2) is 89.8 Å². The number of amides is 1. The number of carbonyl (C=O) groups is 3. The van der Waals surface area contributed by atoms with Crippen LogP contribution in [-0.4, -0.2) is 60.2 Å². The second-order valence-electron chi connectivity index (χ2n) is 9.25. The van der Waals surface area contributed by atoms with Gasteiger partial charge in [-0.25, -0.2) is 18.2 Å². The Kier molecular flexibility index (Phi) is 11.0. The Balaban J connectivity index is 0.000000676. The predicted molar refractivity (Wildman–Crippen MR) is 154 cm³/mol. The van der Waals surface area contributed by atoms with Gasteiger partial charge in [0.05, 0.1) is 10.6 Å². The SMILES string of the molecule is Nc1cc2ccccc2c(CCc2ccc(C(=O)NCC(NS(=O)(=O)c3ccccc3)C(=O)O)cc2)n1.O=C(O)C(F)(F)F. The number of aromatic nitrogens is 1. The van der Waals surface area contributed by atoms with Gasteiger partial charge in [-0.3, -0.25) is 9.59 Å². The molecule has 0 saturated carbocycles. The molecule has 0 fully saturated rings. The van der Waals surface area contributed by atoms with Crippen molar-refractivity contribution in [3.8, 4) is 0 Å². The number of sulfonamides is 1. The molecule has 6 N–H and O–H groups in total. The van der Waals surface area contributed by atoms with Crippen LogP contribution in [0.2, 0.25) is 0 Å². The third kappa shape index (κ3) is 9.50. The van der Waals surface area contributed by atoms with Crippen molar-refractivity contribution < 1.29 is 46.2 Å². The molecule has 15 heteroatoms. The minimum absolute atomic E-state index is 0.0652. The van der Waals surface area contributed by atoms with Crippen LogP contribution >= 0.6 is 0 Å². The van der Waals surface area contributed by atoms with Crippen LogP contribution in [0.3, 0.4) is 0 Å². The molecule has 3 aromatic carbocycles. The quantitative estimate of drug-likeness (QED) is 0.175. The lowest BCUT2D eigenvalue weighted by molar-refractivity contribution is -0.192. The summed E-state index contributed by atoms with van der Waals surface area (Å²) in [7, 11) is -4.06. The number of halogens is 3. The van der Waals surface area contributed by atoms with E-state index in [0.29, 0.717) is 24.2 Å². The topological polar surface area (TPSA) is 189 Å². The minimum Gasteiger partial charge on any atom is -0.480 e. The highest BCUT2D eigenvalue weighted by Gasteiger charge is 2.38. The zero-order valence-electron chi connectivity index (χ0n) is 22.8. The second kappa shape index (κ2) is 14.4. The molecule has 0 saturated heterocycles. The number of alkyl halides is 3. The first kappa shape index (κ1) is 33.5. The molecule has 1 heterocycles. The van der Waals surface area contributed by atoms with Crippen LogP contribution < -0.4 is 15.8 Å². The molecular weight excluding hydrogens is 605 g/mol. The van der Waals surface area contributed by atoms with Gasteiger partial charge in [0.25, 0.3) is 5.91 Å². The van der Waals surface area contributed by atoms with Crippen LogP contribution in [-0.2, 0) is 32.5 Å². The van der Waals surface area contributed by atoms with Gasteiger partial charge in [0, 0.05) is 17.5 Å². The molecular formula is C29H27F3N4O7S. The van der Waals surface area contributed by atoms with Crippen molar-refractivity contribution in [3.05, 3.63) is 102 Å².